The van der Waals surface area contributed by atoms with E-state index in [-0.39, 0.29) is 0 Å². The van der Waals surface area contributed by atoms with Crippen LogP contribution in [0.15, 0.2) is 0 Å². The van der Waals surface area contributed by atoms with Crippen molar-refractivity contribution in [2.45, 2.75) is 25.3 Å². The number of nitrogens with one attached hydrogen (secondary N) is 1. The van der Waals surface area contributed by atoms with E-state index in [1.165, 1.54) is 5.09 Å². The Morgan fingerprint density at radius 3 is 2.05 bits per heavy atom. The van der Waals surface area contributed by atoms with E-state index in [1.54, 1.807) is 0 Å². The summed E-state index contributed by atoms with van der Waals surface area (Å²) in [5.74, 6) is -4.96. The number of carbonyl (C=O) groups is 3. The van der Waals surface area contributed by atoms with Gasteiger partial charge in [-0.3, -0.25) is 4.57 Å². The lowest BCUT2D eigenvalue weighted by Crippen LogP contribution is -2.46. The van der Waals surface area contributed by atoms with Crippen LogP contribution in [0.25, 0.3) is 0 Å². The largest absolute Gasteiger partial charge is 0.766 e. The highest BCUT2D eigenvalue weighted by Gasteiger charge is 2.17. The van der Waals surface area contributed by atoms with Crippen LogP contribution < -0.4 is 25.3 Å². The van der Waals surface area contributed by atoms with Crippen molar-refractivity contribution < 1.29 is 43.7 Å². The lowest BCUT2D eigenvalue weighted by atomic mass is 10.2. The Hall–Kier alpha value is -1.48. The number of hydrogen-bond acceptors (Lipinski definition) is 9. The molecule has 0 radical (unpaired) electrons. The van der Waals surface area contributed by atoms with Crippen LogP contribution in [-0.2, 0) is 23.5 Å². The summed E-state index contributed by atoms with van der Waals surface area (Å²) in [6.07, 6.45) is -2.01. The molecule has 2 atom stereocenters. The topological polar surface area (TPSA) is 182 Å². The highest BCUT2D eigenvalue weighted by Crippen LogP contribution is 2.32. The zero-order valence-corrected chi connectivity index (χ0v) is 10.4. The molecule has 0 aromatic rings. The van der Waals surface area contributed by atoms with Gasteiger partial charge in [-0.15, -0.1) is 0 Å². The Morgan fingerprint density at radius 2 is 1.63 bits per heavy atom. The summed E-state index contributed by atoms with van der Waals surface area (Å²) >= 11 is 0. The van der Waals surface area contributed by atoms with Gasteiger partial charge in [-0.1, -0.05) is 0 Å². The van der Waals surface area contributed by atoms with E-state index in [9.17, 15) is 39.2 Å². The third-order valence-corrected chi connectivity index (χ3v) is 2.95. The van der Waals surface area contributed by atoms with Crippen LogP contribution >= 0.6 is 7.75 Å². The molecule has 1 N–H and O–H groups in total. The first kappa shape index (κ1) is 17.5. The number of carboxylic acids is 3. The van der Waals surface area contributed by atoms with Crippen LogP contribution in [0.3, 0.4) is 0 Å². The molecule has 0 aromatic heterocycles. The van der Waals surface area contributed by atoms with Crippen molar-refractivity contribution >= 4 is 25.7 Å². The Balaban J connectivity index is 4.38. The van der Waals surface area contributed by atoms with E-state index in [4.69, 9.17) is 0 Å². The van der Waals surface area contributed by atoms with Crippen molar-refractivity contribution in [3.05, 3.63) is 0 Å². The maximum Gasteiger partial charge on any atom is 0.204 e. The van der Waals surface area contributed by atoms with Crippen LogP contribution in [0, 0.1) is 0 Å². The fourth-order valence-corrected chi connectivity index (χ4v) is 2.00. The Labute approximate surface area is 107 Å². The number of carbonyl (C=O) groups excluding carboxylic acids is 3. The highest BCUT2D eigenvalue weighted by molar-refractivity contribution is 7.49. The van der Waals surface area contributed by atoms with E-state index in [0.717, 1.165) is 0 Å². The van der Waals surface area contributed by atoms with Crippen LogP contribution in [0.2, 0.25) is 0 Å². The molecule has 0 rings (SSSR count). The monoisotopic (exact) mass is 295 g/mol. The molecule has 0 bridgehead atoms. The first-order valence-corrected chi connectivity index (χ1v) is 6.52. The third kappa shape index (κ3) is 9.14. The number of rotatable bonds is 10. The summed E-state index contributed by atoms with van der Waals surface area (Å²) in [5.41, 5.74) is 0. The van der Waals surface area contributed by atoms with Crippen molar-refractivity contribution in [2.24, 2.45) is 0 Å². The molecule has 0 aliphatic heterocycles. The Kier molecular flexibility index (Phi) is 7.23. The number of hydrogen-bond donors (Lipinski definition) is 1. The first-order valence-electron chi connectivity index (χ1n) is 4.98. The van der Waals surface area contributed by atoms with E-state index in [0.29, 0.717) is 0 Å². The molecule has 0 spiro atoms. The lowest BCUT2D eigenvalue weighted by Gasteiger charge is -2.30. The average Bonchev–Trinajstić information content (AvgIpc) is 2.22. The summed E-state index contributed by atoms with van der Waals surface area (Å²) in [4.78, 5) is 41.9. The molecule has 0 aliphatic rings. The Bertz CT molecular complexity index is 396. The summed E-state index contributed by atoms with van der Waals surface area (Å²) in [6, 6.07) is -1.82. The quantitative estimate of drug-likeness (QED) is 0.382. The first-order chi connectivity index (χ1) is 8.64. The predicted molar refractivity (Wildman–Crippen MR) is 49.4 cm³/mol. The van der Waals surface area contributed by atoms with E-state index < -0.39 is 57.6 Å². The minimum absolute atomic E-state index is 0.596. The molecule has 0 saturated heterocycles. The van der Waals surface area contributed by atoms with Gasteiger partial charge in [-0.2, -0.15) is 0 Å². The second kappa shape index (κ2) is 7.85. The Morgan fingerprint density at radius 1 is 1.11 bits per heavy atom. The number of carboxylic acid groups (broad SMARTS) is 3. The summed E-state index contributed by atoms with van der Waals surface area (Å²) in [5, 5.41) is 32.2. The van der Waals surface area contributed by atoms with Gasteiger partial charge in [0.15, 0.2) is 0 Å². The molecule has 1 unspecified atom stereocenters. The van der Waals surface area contributed by atoms with Gasteiger partial charge in [-0.25, -0.2) is 5.09 Å². The van der Waals surface area contributed by atoms with Crippen molar-refractivity contribution in [1.82, 2.24) is 5.09 Å². The SMILES string of the molecule is O=C([O-])CCOP(=O)([O-])N[C@@H](CCC(=O)[O-])C(=O)[O-]. The van der Waals surface area contributed by atoms with Crippen LogP contribution in [0.4, 0.5) is 0 Å². The maximum atomic E-state index is 11.2. The van der Waals surface area contributed by atoms with Gasteiger partial charge < -0.3 is 39.1 Å². The maximum absolute atomic E-state index is 11.2. The molecule has 0 saturated carbocycles. The van der Waals surface area contributed by atoms with E-state index in [1.807, 2.05) is 0 Å². The molecule has 0 fully saturated rings. The second-order valence-corrected chi connectivity index (χ2v) is 4.88. The molecule has 110 valence electrons. The summed E-state index contributed by atoms with van der Waals surface area (Å²) in [6.45, 7) is -0.740. The van der Waals surface area contributed by atoms with Gasteiger partial charge in [-0.05, 0) is 12.8 Å². The molecular weight excluding hydrogens is 285 g/mol. The minimum Gasteiger partial charge on any atom is -0.766 e. The molecule has 0 aromatic carbocycles. The average molecular weight is 295 g/mol. The zero-order chi connectivity index (χ0) is 15.1. The van der Waals surface area contributed by atoms with Gasteiger partial charge in [0.05, 0.1) is 18.6 Å². The summed E-state index contributed by atoms with van der Waals surface area (Å²) in [7, 11) is -4.84. The molecule has 0 amide bonds. The van der Waals surface area contributed by atoms with Crippen molar-refractivity contribution in [1.29, 1.82) is 0 Å². The number of aliphatic carboxylic acids is 3. The molecule has 10 nitrogen and oxygen atoms in total. The molecular formula is C8H10NO9P-4. The normalized spacial score (nSPS) is 15.4. The van der Waals surface area contributed by atoms with Crippen LogP contribution in [0.5, 0.6) is 0 Å². The van der Waals surface area contributed by atoms with Crippen molar-refractivity contribution in [3.63, 3.8) is 0 Å². The lowest BCUT2D eigenvalue weighted by molar-refractivity contribution is -0.311. The second-order valence-electron chi connectivity index (χ2n) is 3.36. The highest BCUT2D eigenvalue weighted by atomic mass is 31.2. The van der Waals surface area contributed by atoms with Crippen molar-refractivity contribution in [2.75, 3.05) is 6.61 Å². The summed E-state index contributed by atoms with van der Waals surface area (Å²) < 4.78 is 15.3. The van der Waals surface area contributed by atoms with Gasteiger partial charge in [0.25, 0.3) is 0 Å². The fraction of sp³-hybridized carbons (Fsp3) is 0.625. The van der Waals surface area contributed by atoms with E-state index in [2.05, 4.69) is 4.52 Å². The standard InChI is InChI=1S/C8H14NO9P/c10-6(11)2-1-5(8(14)15)9-19(16,17)18-4-3-7(12)13/h5H,1-4H2,(H,10,11)(H,12,13)(H,14,15)(H2,9,16,17)/p-4/t5-/m0/s1. The molecule has 0 aliphatic carbocycles. The van der Waals surface area contributed by atoms with Crippen LogP contribution in [0.1, 0.15) is 19.3 Å². The van der Waals surface area contributed by atoms with Gasteiger partial charge in [0.1, 0.15) is 0 Å². The van der Waals surface area contributed by atoms with Crippen LogP contribution in [-0.4, -0.2) is 30.6 Å². The van der Waals surface area contributed by atoms with Gasteiger partial charge >= 0.3 is 0 Å². The fourth-order valence-electron chi connectivity index (χ4n) is 0.975. The minimum atomic E-state index is -4.84. The van der Waals surface area contributed by atoms with E-state index >= 15 is 0 Å². The molecule has 0 heterocycles. The van der Waals surface area contributed by atoms with Gasteiger partial charge in [0, 0.05) is 18.4 Å². The molecule has 19 heavy (non-hydrogen) atoms. The zero-order valence-electron chi connectivity index (χ0n) is 9.53. The molecule has 11 heteroatoms. The predicted octanol–water partition coefficient (Wildman–Crippen LogP) is -5.15. The van der Waals surface area contributed by atoms with Gasteiger partial charge in [0.2, 0.25) is 7.75 Å². The third-order valence-electron chi connectivity index (χ3n) is 1.80. The smallest absolute Gasteiger partial charge is 0.204 e. The van der Waals surface area contributed by atoms with Crippen molar-refractivity contribution in [3.8, 4) is 0 Å².